The first-order valence-electron chi connectivity index (χ1n) is 7.30. The van der Waals surface area contributed by atoms with E-state index in [2.05, 4.69) is 17.3 Å². The van der Waals surface area contributed by atoms with Crippen molar-refractivity contribution in [2.75, 3.05) is 6.54 Å². The summed E-state index contributed by atoms with van der Waals surface area (Å²) >= 11 is 12.2. The fourth-order valence-electron chi connectivity index (χ4n) is 2.10. The SMILES string of the molecule is CCCCNC(=O)C(C)c1ccc(-n2cc(Cl)cn2)c(Cl)c1. The van der Waals surface area contributed by atoms with E-state index < -0.39 is 0 Å². The van der Waals surface area contributed by atoms with E-state index in [0.717, 1.165) is 24.1 Å². The Morgan fingerprint density at radius 1 is 1.41 bits per heavy atom. The van der Waals surface area contributed by atoms with Crippen molar-refractivity contribution in [1.82, 2.24) is 15.1 Å². The standard InChI is InChI=1S/C16H19Cl2N3O/c1-3-4-7-19-16(22)11(2)12-5-6-15(14(18)8-12)21-10-13(17)9-20-21/h5-6,8-11H,3-4,7H2,1-2H3,(H,19,22). The number of benzene rings is 1. The van der Waals surface area contributed by atoms with Gasteiger partial charge in [-0.3, -0.25) is 4.79 Å². The van der Waals surface area contributed by atoms with Crippen molar-refractivity contribution in [3.05, 3.63) is 46.2 Å². The zero-order valence-electron chi connectivity index (χ0n) is 12.6. The molecule has 22 heavy (non-hydrogen) atoms. The molecule has 0 aliphatic rings. The topological polar surface area (TPSA) is 46.9 Å². The molecule has 0 fully saturated rings. The van der Waals surface area contributed by atoms with Crippen LogP contribution in [0.25, 0.3) is 5.69 Å². The first kappa shape index (κ1) is 16.8. The predicted octanol–water partition coefficient (Wildman–Crippen LogP) is 4.20. The van der Waals surface area contributed by atoms with E-state index in [4.69, 9.17) is 23.2 Å². The Morgan fingerprint density at radius 2 is 2.18 bits per heavy atom. The maximum atomic E-state index is 12.1. The molecule has 1 atom stereocenters. The van der Waals surface area contributed by atoms with Crippen LogP contribution in [0.15, 0.2) is 30.6 Å². The summed E-state index contributed by atoms with van der Waals surface area (Å²) in [5.74, 6) is -0.232. The number of unbranched alkanes of at least 4 members (excludes halogenated alkanes) is 1. The van der Waals surface area contributed by atoms with Gasteiger partial charge in [0.2, 0.25) is 5.91 Å². The number of nitrogens with one attached hydrogen (secondary N) is 1. The molecule has 0 bridgehead atoms. The minimum atomic E-state index is -0.246. The maximum Gasteiger partial charge on any atom is 0.227 e. The van der Waals surface area contributed by atoms with Crippen LogP contribution in [-0.4, -0.2) is 22.2 Å². The van der Waals surface area contributed by atoms with Gasteiger partial charge in [-0.1, -0.05) is 42.6 Å². The lowest BCUT2D eigenvalue weighted by Crippen LogP contribution is -2.28. The second-order valence-corrected chi connectivity index (χ2v) is 6.02. The number of hydrogen-bond acceptors (Lipinski definition) is 2. The molecule has 1 amide bonds. The number of amides is 1. The summed E-state index contributed by atoms with van der Waals surface area (Å²) in [6.07, 6.45) is 5.28. The average molecular weight is 340 g/mol. The van der Waals surface area contributed by atoms with Crippen LogP contribution in [-0.2, 0) is 4.79 Å². The summed E-state index contributed by atoms with van der Waals surface area (Å²) in [6, 6.07) is 5.54. The number of nitrogens with zero attached hydrogens (tertiary/aromatic N) is 2. The summed E-state index contributed by atoms with van der Waals surface area (Å²) in [4.78, 5) is 12.1. The van der Waals surface area contributed by atoms with Crippen molar-refractivity contribution in [3.63, 3.8) is 0 Å². The van der Waals surface area contributed by atoms with Crippen molar-refractivity contribution in [3.8, 4) is 5.69 Å². The van der Waals surface area contributed by atoms with E-state index in [9.17, 15) is 4.79 Å². The van der Waals surface area contributed by atoms with Gasteiger partial charge in [0.15, 0.2) is 0 Å². The fraction of sp³-hybridized carbons (Fsp3) is 0.375. The van der Waals surface area contributed by atoms with E-state index in [0.29, 0.717) is 16.6 Å². The largest absolute Gasteiger partial charge is 0.356 e. The third-order valence-corrected chi connectivity index (χ3v) is 3.99. The van der Waals surface area contributed by atoms with Crippen LogP contribution in [0.5, 0.6) is 0 Å². The molecular formula is C16H19Cl2N3O. The molecular weight excluding hydrogens is 321 g/mol. The average Bonchev–Trinajstić information content (AvgIpc) is 2.92. The third kappa shape index (κ3) is 4.02. The van der Waals surface area contributed by atoms with Crippen LogP contribution in [0.3, 0.4) is 0 Å². The van der Waals surface area contributed by atoms with Crippen LogP contribution >= 0.6 is 23.2 Å². The Hall–Kier alpha value is -1.52. The molecule has 4 nitrogen and oxygen atoms in total. The first-order valence-corrected chi connectivity index (χ1v) is 8.06. The van der Waals surface area contributed by atoms with Gasteiger partial charge in [-0.05, 0) is 31.0 Å². The molecule has 0 aliphatic carbocycles. The van der Waals surface area contributed by atoms with Crippen LogP contribution in [0.4, 0.5) is 0 Å². The molecule has 0 radical (unpaired) electrons. The number of carbonyl (C=O) groups is 1. The van der Waals surface area contributed by atoms with Crippen LogP contribution in [0, 0.1) is 0 Å². The normalized spacial score (nSPS) is 12.2. The highest BCUT2D eigenvalue weighted by atomic mass is 35.5. The van der Waals surface area contributed by atoms with Gasteiger partial charge in [0.1, 0.15) is 0 Å². The van der Waals surface area contributed by atoms with Gasteiger partial charge in [-0.25, -0.2) is 4.68 Å². The van der Waals surface area contributed by atoms with Gasteiger partial charge in [-0.2, -0.15) is 5.10 Å². The molecule has 1 aromatic heterocycles. The molecule has 0 saturated carbocycles. The zero-order chi connectivity index (χ0) is 16.1. The van der Waals surface area contributed by atoms with Crippen molar-refractivity contribution in [2.45, 2.75) is 32.6 Å². The van der Waals surface area contributed by atoms with E-state index >= 15 is 0 Å². The Kier molecular flexibility index (Phi) is 5.86. The van der Waals surface area contributed by atoms with E-state index in [1.54, 1.807) is 23.1 Å². The molecule has 2 rings (SSSR count). The molecule has 2 aromatic rings. The number of hydrogen-bond donors (Lipinski definition) is 1. The van der Waals surface area contributed by atoms with Crippen LogP contribution in [0.1, 0.15) is 38.2 Å². The second-order valence-electron chi connectivity index (χ2n) is 5.18. The van der Waals surface area contributed by atoms with Gasteiger partial charge < -0.3 is 5.32 Å². The minimum Gasteiger partial charge on any atom is -0.356 e. The van der Waals surface area contributed by atoms with Crippen molar-refractivity contribution >= 4 is 29.1 Å². The summed E-state index contributed by atoms with van der Waals surface area (Å²) < 4.78 is 1.61. The Balaban J connectivity index is 2.13. The fourth-order valence-corrected chi connectivity index (χ4v) is 2.52. The van der Waals surface area contributed by atoms with E-state index in [1.807, 2.05) is 19.1 Å². The molecule has 0 aliphatic heterocycles. The van der Waals surface area contributed by atoms with E-state index in [-0.39, 0.29) is 11.8 Å². The molecule has 118 valence electrons. The predicted molar refractivity (Wildman–Crippen MR) is 89.9 cm³/mol. The monoisotopic (exact) mass is 339 g/mol. The number of carbonyl (C=O) groups excluding carboxylic acids is 1. The van der Waals surface area contributed by atoms with Crippen LogP contribution < -0.4 is 5.32 Å². The first-order chi connectivity index (χ1) is 10.5. The zero-order valence-corrected chi connectivity index (χ0v) is 14.2. The highest BCUT2D eigenvalue weighted by Crippen LogP contribution is 2.26. The van der Waals surface area contributed by atoms with Crippen molar-refractivity contribution in [1.29, 1.82) is 0 Å². The molecule has 1 N–H and O–H groups in total. The smallest absolute Gasteiger partial charge is 0.227 e. The lowest BCUT2D eigenvalue weighted by molar-refractivity contribution is -0.122. The molecule has 6 heteroatoms. The molecule has 1 aromatic carbocycles. The van der Waals surface area contributed by atoms with Gasteiger partial charge >= 0.3 is 0 Å². The van der Waals surface area contributed by atoms with Gasteiger partial charge in [0, 0.05) is 12.7 Å². The molecule has 0 saturated heterocycles. The van der Waals surface area contributed by atoms with Gasteiger partial charge in [-0.15, -0.1) is 0 Å². The Morgan fingerprint density at radius 3 is 2.77 bits per heavy atom. The maximum absolute atomic E-state index is 12.1. The summed E-state index contributed by atoms with van der Waals surface area (Å²) in [6.45, 7) is 4.67. The third-order valence-electron chi connectivity index (χ3n) is 3.49. The lowest BCUT2D eigenvalue weighted by atomic mass is 10.00. The number of aromatic nitrogens is 2. The Bertz CT molecular complexity index is 655. The molecule has 1 heterocycles. The van der Waals surface area contributed by atoms with Crippen molar-refractivity contribution < 1.29 is 4.79 Å². The van der Waals surface area contributed by atoms with Gasteiger partial charge in [0.05, 0.1) is 27.8 Å². The summed E-state index contributed by atoms with van der Waals surface area (Å²) in [5, 5.41) is 8.14. The second kappa shape index (κ2) is 7.65. The van der Waals surface area contributed by atoms with E-state index in [1.165, 1.54) is 0 Å². The highest BCUT2D eigenvalue weighted by molar-refractivity contribution is 6.32. The van der Waals surface area contributed by atoms with Crippen molar-refractivity contribution in [2.24, 2.45) is 0 Å². The summed E-state index contributed by atoms with van der Waals surface area (Å²) in [7, 11) is 0. The molecule has 1 unspecified atom stereocenters. The molecule has 0 spiro atoms. The number of rotatable bonds is 6. The van der Waals surface area contributed by atoms with Crippen LogP contribution in [0.2, 0.25) is 10.0 Å². The lowest BCUT2D eigenvalue weighted by Gasteiger charge is -2.14. The number of halogens is 2. The quantitative estimate of drug-likeness (QED) is 0.801. The minimum absolute atomic E-state index is 0.0133. The van der Waals surface area contributed by atoms with Gasteiger partial charge in [0.25, 0.3) is 0 Å². The summed E-state index contributed by atoms with van der Waals surface area (Å²) in [5.41, 5.74) is 1.61. The Labute approximate surface area is 140 Å². The highest BCUT2D eigenvalue weighted by Gasteiger charge is 2.16.